The number of ether oxygens (including phenoxy) is 1. The fraction of sp³-hybridized carbons (Fsp3) is 0.889. The van der Waals surface area contributed by atoms with Gasteiger partial charge >= 0.3 is 6.09 Å². The Labute approximate surface area is 75.5 Å². The monoisotopic (exact) mass is 175 g/mol. The number of nitrogens with one attached hydrogen (secondary N) is 1. The van der Waals surface area contributed by atoms with Gasteiger partial charge in [0.2, 0.25) is 0 Å². The highest BCUT2D eigenvalue weighted by atomic mass is 16.6. The summed E-state index contributed by atoms with van der Waals surface area (Å²) >= 11 is 0. The van der Waals surface area contributed by atoms with Gasteiger partial charge in [0, 0.05) is 6.04 Å². The maximum atomic E-state index is 10.9. The van der Waals surface area contributed by atoms with Crippen molar-refractivity contribution in [1.82, 2.24) is 5.32 Å². The van der Waals surface area contributed by atoms with Crippen LogP contribution >= 0.6 is 0 Å². The average molecular weight is 175 g/mol. The second-order valence-corrected chi connectivity index (χ2v) is 3.80. The van der Waals surface area contributed by atoms with Crippen molar-refractivity contribution in [3.8, 4) is 0 Å². The third-order valence-corrected chi connectivity index (χ3v) is 0.805. The van der Waals surface area contributed by atoms with Gasteiger partial charge in [-0.15, -0.1) is 0 Å². The molecule has 0 aromatic heterocycles. The van der Waals surface area contributed by atoms with Crippen LogP contribution in [0.4, 0.5) is 4.79 Å². The molecule has 0 saturated carbocycles. The van der Waals surface area contributed by atoms with Crippen LogP contribution in [0.25, 0.3) is 0 Å². The first kappa shape index (κ1) is 13.8. The lowest BCUT2D eigenvalue weighted by Crippen LogP contribution is -2.36. The lowest BCUT2D eigenvalue weighted by Gasteiger charge is -2.20. The van der Waals surface area contributed by atoms with Crippen molar-refractivity contribution in [3.63, 3.8) is 0 Å². The summed E-state index contributed by atoms with van der Waals surface area (Å²) in [6.07, 6.45) is -0.354. The fourth-order valence-corrected chi connectivity index (χ4v) is 0.543. The number of hydrogen-bond donors (Lipinski definition) is 1. The highest BCUT2D eigenvalue weighted by molar-refractivity contribution is 5.67. The van der Waals surface area contributed by atoms with Gasteiger partial charge in [-0.25, -0.2) is 4.79 Å². The number of alkyl carbamates (subject to hydrolysis) is 1. The number of amides is 1. The maximum Gasteiger partial charge on any atom is 0.407 e. The molecule has 0 aliphatic heterocycles. The molecule has 1 amide bonds. The summed E-state index contributed by atoms with van der Waals surface area (Å²) in [4.78, 5) is 10.9. The third-order valence-electron chi connectivity index (χ3n) is 0.805. The summed E-state index contributed by atoms with van der Waals surface area (Å²) in [6, 6.07) is 0.129. The molecule has 12 heavy (non-hydrogen) atoms. The van der Waals surface area contributed by atoms with Gasteiger partial charge in [-0.1, -0.05) is 7.43 Å². The minimum Gasteiger partial charge on any atom is -0.444 e. The summed E-state index contributed by atoms with van der Waals surface area (Å²) in [5, 5.41) is 2.64. The second kappa shape index (κ2) is 5.01. The van der Waals surface area contributed by atoms with Crippen molar-refractivity contribution in [1.29, 1.82) is 0 Å². The molecule has 0 fully saturated rings. The van der Waals surface area contributed by atoms with Gasteiger partial charge < -0.3 is 10.1 Å². The van der Waals surface area contributed by atoms with Gasteiger partial charge in [0.15, 0.2) is 0 Å². The largest absolute Gasteiger partial charge is 0.444 e. The lowest BCUT2D eigenvalue weighted by molar-refractivity contribution is 0.0512. The lowest BCUT2D eigenvalue weighted by atomic mass is 10.2. The number of carbonyl (C=O) groups is 1. The van der Waals surface area contributed by atoms with Crippen molar-refractivity contribution in [2.75, 3.05) is 0 Å². The molecule has 3 nitrogen and oxygen atoms in total. The van der Waals surface area contributed by atoms with E-state index in [2.05, 4.69) is 5.32 Å². The molecular weight excluding hydrogens is 154 g/mol. The molecule has 0 aromatic rings. The molecule has 0 spiro atoms. The molecule has 0 aliphatic rings. The van der Waals surface area contributed by atoms with Crippen LogP contribution in [0, 0.1) is 0 Å². The van der Waals surface area contributed by atoms with Crippen LogP contribution in [0.2, 0.25) is 0 Å². The first-order chi connectivity index (χ1) is 4.81. The molecule has 0 bridgehead atoms. The molecule has 0 saturated heterocycles. The summed E-state index contributed by atoms with van der Waals surface area (Å²) in [7, 11) is 0. The summed E-state index contributed by atoms with van der Waals surface area (Å²) in [6.45, 7) is 9.31. The molecule has 0 heterocycles. The molecule has 0 atom stereocenters. The zero-order valence-electron chi connectivity index (χ0n) is 7.89. The van der Waals surface area contributed by atoms with E-state index in [1.165, 1.54) is 0 Å². The van der Waals surface area contributed by atoms with Crippen LogP contribution in [0.15, 0.2) is 0 Å². The Bertz CT molecular complexity index is 136. The Hall–Kier alpha value is -0.730. The van der Waals surface area contributed by atoms with E-state index in [1.54, 1.807) is 0 Å². The van der Waals surface area contributed by atoms with Crippen LogP contribution in [0.3, 0.4) is 0 Å². The predicted molar refractivity (Wildman–Crippen MR) is 51.2 cm³/mol. The molecule has 3 heteroatoms. The van der Waals surface area contributed by atoms with Crippen molar-refractivity contribution < 1.29 is 9.53 Å². The second-order valence-electron chi connectivity index (χ2n) is 3.80. The highest BCUT2D eigenvalue weighted by Crippen LogP contribution is 2.06. The van der Waals surface area contributed by atoms with E-state index >= 15 is 0 Å². The van der Waals surface area contributed by atoms with Crippen molar-refractivity contribution >= 4 is 6.09 Å². The molecule has 0 unspecified atom stereocenters. The number of hydrogen-bond acceptors (Lipinski definition) is 2. The molecule has 0 aromatic carbocycles. The van der Waals surface area contributed by atoms with E-state index in [9.17, 15) is 4.79 Å². The van der Waals surface area contributed by atoms with E-state index in [4.69, 9.17) is 4.74 Å². The van der Waals surface area contributed by atoms with Crippen molar-refractivity contribution in [3.05, 3.63) is 0 Å². The van der Waals surface area contributed by atoms with E-state index in [-0.39, 0.29) is 19.6 Å². The molecular formula is C9H21NO2. The number of rotatable bonds is 1. The average Bonchev–Trinajstić information content (AvgIpc) is 1.53. The predicted octanol–water partition coefficient (Wildman–Crippen LogP) is 2.56. The first-order valence-electron chi connectivity index (χ1n) is 3.81. The molecule has 74 valence electrons. The quantitative estimate of drug-likeness (QED) is 0.665. The molecule has 0 radical (unpaired) electrons. The highest BCUT2D eigenvalue weighted by Gasteiger charge is 2.15. The molecule has 0 rings (SSSR count). The first-order valence-corrected chi connectivity index (χ1v) is 3.81. The zero-order valence-corrected chi connectivity index (χ0v) is 7.89. The van der Waals surface area contributed by atoms with Gasteiger partial charge in [-0.2, -0.15) is 0 Å². The van der Waals surface area contributed by atoms with Crippen LogP contribution in [-0.2, 0) is 4.74 Å². The van der Waals surface area contributed by atoms with Crippen molar-refractivity contribution in [2.45, 2.75) is 53.7 Å². The SMILES string of the molecule is C.CC(C)NC(=O)OC(C)(C)C. The minimum absolute atomic E-state index is 0. The Morgan fingerprint density at radius 2 is 1.75 bits per heavy atom. The van der Waals surface area contributed by atoms with E-state index in [0.717, 1.165) is 0 Å². The zero-order chi connectivity index (χ0) is 9.07. The minimum atomic E-state index is -0.404. The van der Waals surface area contributed by atoms with Crippen molar-refractivity contribution in [2.24, 2.45) is 0 Å². The summed E-state index contributed by atoms with van der Waals surface area (Å²) in [5.41, 5.74) is -0.404. The third kappa shape index (κ3) is 9.27. The Kier molecular flexibility index (Phi) is 5.78. The van der Waals surface area contributed by atoms with Gasteiger partial charge in [0.25, 0.3) is 0 Å². The molecule has 0 aliphatic carbocycles. The summed E-state index contributed by atoms with van der Waals surface area (Å²) < 4.78 is 5.00. The van der Waals surface area contributed by atoms with Crippen LogP contribution in [0.1, 0.15) is 42.0 Å². The summed E-state index contributed by atoms with van der Waals surface area (Å²) in [5.74, 6) is 0. The smallest absolute Gasteiger partial charge is 0.407 e. The van der Waals surface area contributed by atoms with Crippen LogP contribution in [-0.4, -0.2) is 17.7 Å². The van der Waals surface area contributed by atoms with Gasteiger partial charge in [0.1, 0.15) is 5.60 Å². The van der Waals surface area contributed by atoms with Crippen LogP contribution in [0.5, 0.6) is 0 Å². The maximum absolute atomic E-state index is 10.9. The topological polar surface area (TPSA) is 38.3 Å². The normalized spacial score (nSPS) is 10.5. The van der Waals surface area contributed by atoms with E-state index in [1.807, 2.05) is 34.6 Å². The van der Waals surface area contributed by atoms with Crippen LogP contribution < -0.4 is 5.32 Å². The van der Waals surface area contributed by atoms with Gasteiger partial charge in [-0.3, -0.25) is 0 Å². The van der Waals surface area contributed by atoms with Gasteiger partial charge in [-0.05, 0) is 34.6 Å². The molecule has 1 N–H and O–H groups in total. The number of carbonyl (C=O) groups excluding carboxylic acids is 1. The fourth-order valence-electron chi connectivity index (χ4n) is 0.543. The Balaban J connectivity index is 0. The standard InChI is InChI=1S/C8H17NO2.CH4/c1-6(2)9-7(10)11-8(3,4)5;/h6H,1-5H3,(H,9,10);1H4. The Morgan fingerprint density at radius 3 is 2.00 bits per heavy atom. The Morgan fingerprint density at radius 1 is 1.33 bits per heavy atom. The van der Waals surface area contributed by atoms with Gasteiger partial charge in [0.05, 0.1) is 0 Å². The van der Waals surface area contributed by atoms with E-state index in [0.29, 0.717) is 0 Å². The van der Waals surface area contributed by atoms with E-state index < -0.39 is 5.60 Å².